The van der Waals surface area contributed by atoms with Gasteiger partial charge in [0.05, 0.1) is 34.4 Å². The molecule has 0 heterocycles. The third-order valence-corrected chi connectivity index (χ3v) is 5.54. The zero-order chi connectivity index (χ0) is 23.6. The number of likely N-dealkylation sites (N-methyl/N-ethyl adjacent to an activating group) is 1. The molecule has 1 unspecified atom stereocenters. The average molecular weight is 466 g/mol. The summed E-state index contributed by atoms with van der Waals surface area (Å²) in [5, 5.41) is 9.32. The number of phosphoric ester groups is 1. The van der Waals surface area contributed by atoms with Crippen LogP contribution in [0.15, 0.2) is 12.2 Å². The molecule has 1 N–H and O–H groups in total. The highest BCUT2D eigenvalue weighted by Gasteiger charge is 2.19. The van der Waals surface area contributed by atoms with Gasteiger partial charge in [-0.05, 0) is 25.7 Å². The van der Waals surface area contributed by atoms with Gasteiger partial charge in [0.25, 0.3) is 7.82 Å². The topological polar surface area (TPSA) is 105 Å². The predicted molar refractivity (Wildman–Crippen MR) is 120 cm³/mol. The van der Waals surface area contributed by atoms with Gasteiger partial charge in [0.2, 0.25) is 0 Å². The fraction of sp³-hybridized carbons (Fsp3) is 0.864. The number of hydrogen-bond donors (Lipinski definition) is 1. The van der Waals surface area contributed by atoms with Crippen molar-refractivity contribution in [3.63, 3.8) is 0 Å². The Bertz CT molecular complexity index is 534. The number of esters is 1. The Hall–Kier alpha value is -0.760. The average Bonchev–Trinajstić information content (AvgIpc) is 2.68. The number of phosphoric acid groups is 1. The highest BCUT2D eigenvalue weighted by Crippen LogP contribution is 2.38. The van der Waals surface area contributed by atoms with Crippen LogP contribution in [0.5, 0.6) is 0 Å². The standard InChI is InChI=1S/C22H44NO7P/c1-5-6-7-8-9-10-11-12-13-14-15-16-22(25)30-21(19-24)20-29-31(26,27)28-18-17-23(2,3)4/h8-9,21,24H,5-7,10-20H2,1-4H3/b9-8-/t21-/m1/s1. The van der Waals surface area contributed by atoms with Crippen molar-refractivity contribution in [2.75, 3.05) is 47.5 Å². The monoisotopic (exact) mass is 465 g/mol. The molecular formula is C22H44NO7P. The molecule has 9 heteroatoms. The molecule has 0 aromatic heterocycles. The fourth-order valence-electron chi connectivity index (χ4n) is 2.63. The van der Waals surface area contributed by atoms with E-state index in [4.69, 9.17) is 13.8 Å². The highest BCUT2D eigenvalue weighted by molar-refractivity contribution is 7.45. The van der Waals surface area contributed by atoms with E-state index in [1.54, 1.807) is 0 Å². The first-order valence-electron chi connectivity index (χ1n) is 11.5. The second kappa shape index (κ2) is 17.8. The minimum Gasteiger partial charge on any atom is -0.756 e. The number of carbonyl (C=O) groups excluding carboxylic acids is 1. The number of nitrogens with zero attached hydrogens (tertiary/aromatic N) is 1. The first-order valence-corrected chi connectivity index (χ1v) is 12.9. The SMILES string of the molecule is CCCC/C=C\CCCCCCCC(=O)O[C@H](CO)COP(=O)([O-])OCC[N+](C)(C)C. The molecule has 0 aromatic rings. The molecule has 0 aliphatic rings. The molecule has 0 saturated heterocycles. The zero-order valence-electron chi connectivity index (χ0n) is 19.9. The molecule has 0 saturated carbocycles. The van der Waals surface area contributed by atoms with Crippen molar-refractivity contribution < 1.29 is 37.6 Å². The lowest BCUT2D eigenvalue weighted by atomic mass is 10.1. The van der Waals surface area contributed by atoms with E-state index in [2.05, 4.69) is 19.1 Å². The van der Waals surface area contributed by atoms with Crippen LogP contribution >= 0.6 is 7.82 Å². The minimum absolute atomic E-state index is 0.0109. The van der Waals surface area contributed by atoms with E-state index in [1.165, 1.54) is 12.8 Å². The Morgan fingerprint density at radius 1 is 1.03 bits per heavy atom. The van der Waals surface area contributed by atoms with Gasteiger partial charge in [-0.3, -0.25) is 9.36 Å². The van der Waals surface area contributed by atoms with Gasteiger partial charge in [-0.25, -0.2) is 0 Å². The van der Waals surface area contributed by atoms with E-state index in [0.717, 1.165) is 38.5 Å². The summed E-state index contributed by atoms with van der Waals surface area (Å²) in [6.07, 6.45) is 13.4. The number of quaternary nitrogens is 1. The number of ether oxygens (including phenoxy) is 1. The summed E-state index contributed by atoms with van der Waals surface area (Å²) in [6.45, 7) is 1.69. The van der Waals surface area contributed by atoms with Crippen LogP contribution in [0.3, 0.4) is 0 Å². The molecule has 0 spiro atoms. The first-order chi connectivity index (χ1) is 14.6. The van der Waals surface area contributed by atoms with E-state index in [0.29, 0.717) is 17.4 Å². The second-order valence-corrected chi connectivity index (χ2v) is 10.2. The minimum atomic E-state index is -4.50. The molecule has 0 aromatic carbocycles. The molecule has 2 atom stereocenters. The van der Waals surface area contributed by atoms with Gasteiger partial charge in [0, 0.05) is 6.42 Å². The van der Waals surface area contributed by atoms with Crippen LogP contribution in [0, 0.1) is 0 Å². The molecule has 0 amide bonds. The quantitative estimate of drug-likeness (QED) is 0.0963. The predicted octanol–water partition coefficient (Wildman–Crippen LogP) is 3.58. The summed E-state index contributed by atoms with van der Waals surface area (Å²) in [6, 6.07) is 0. The van der Waals surface area contributed by atoms with Crippen molar-refractivity contribution in [2.45, 2.75) is 77.2 Å². The number of rotatable bonds is 20. The maximum absolute atomic E-state index is 11.9. The fourth-order valence-corrected chi connectivity index (χ4v) is 3.36. The van der Waals surface area contributed by atoms with E-state index in [1.807, 2.05) is 21.1 Å². The number of aliphatic hydroxyl groups is 1. The van der Waals surface area contributed by atoms with Gasteiger partial charge in [-0.2, -0.15) is 0 Å². The van der Waals surface area contributed by atoms with Gasteiger partial charge < -0.3 is 28.3 Å². The number of unbranched alkanes of at least 4 members (excludes halogenated alkanes) is 7. The lowest BCUT2D eigenvalue weighted by Gasteiger charge is -2.28. The smallest absolute Gasteiger partial charge is 0.306 e. The highest BCUT2D eigenvalue weighted by atomic mass is 31.2. The maximum Gasteiger partial charge on any atom is 0.306 e. The van der Waals surface area contributed by atoms with Crippen molar-refractivity contribution in [1.82, 2.24) is 0 Å². The van der Waals surface area contributed by atoms with E-state index in [-0.39, 0.29) is 13.0 Å². The third kappa shape index (κ3) is 20.9. The van der Waals surface area contributed by atoms with Crippen molar-refractivity contribution >= 4 is 13.8 Å². The Balaban J connectivity index is 3.87. The number of hydrogen-bond acceptors (Lipinski definition) is 7. The Labute approximate surface area is 188 Å². The molecule has 8 nitrogen and oxygen atoms in total. The summed E-state index contributed by atoms with van der Waals surface area (Å²) < 4.78 is 26.9. The van der Waals surface area contributed by atoms with Crippen LogP contribution in [0.4, 0.5) is 0 Å². The van der Waals surface area contributed by atoms with Crippen LogP contribution in [0.2, 0.25) is 0 Å². The normalized spacial score (nSPS) is 15.2. The van der Waals surface area contributed by atoms with Crippen LogP contribution in [-0.4, -0.2) is 69.2 Å². The Morgan fingerprint density at radius 2 is 1.65 bits per heavy atom. The lowest BCUT2D eigenvalue weighted by Crippen LogP contribution is -2.37. The largest absolute Gasteiger partial charge is 0.756 e. The number of aliphatic hydroxyl groups excluding tert-OH is 1. The molecule has 184 valence electrons. The molecular weight excluding hydrogens is 421 g/mol. The first kappa shape index (κ1) is 30.2. The van der Waals surface area contributed by atoms with Crippen molar-refractivity contribution in [2.24, 2.45) is 0 Å². The van der Waals surface area contributed by atoms with E-state index >= 15 is 0 Å². The molecule has 0 fully saturated rings. The summed E-state index contributed by atoms with van der Waals surface area (Å²) in [7, 11) is 1.23. The Morgan fingerprint density at radius 3 is 2.26 bits per heavy atom. The maximum atomic E-state index is 11.9. The molecule has 0 bridgehead atoms. The zero-order valence-corrected chi connectivity index (χ0v) is 20.8. The van der Waals surface area contributed by atoms with Crippen LogP contribution < -0.4 is 4.89 Å². The molecule has 31 heavy (non-hydrogen) atoms. The Kier molecular flexibility index (Phi) is 17.3. The number of carbonyl (C=O) groups is 1. The van der Waals surface area contributed by atoms with Crippen molar-refractivity contribution in [1.29, 1.82) is 0 Å². The van der Waals surface area contributed by atoms with Gasteiger partial charge in [-0.15, -0.1) is 0 Å². The van der Waals surface area contributed by atoms with Gasteiger partial charge in [-0.1, -0.05) is 51.2 Å². The summed E-state index contributed by atoms with van der Waals surface area (Å²) >= 11 is 0. The third-order valence-electron chi connectivity index (χ3n) is 4.57. The van der Waals surface area contributed by atoms with Gasteiger partial charge in [0.15, 0.2) is 0 Å². The van der Waals surface area contributed by atoms with Crippen LogP contribution in [-0.2, 0) is 23.1 Å². The molecule has 0 radical (unpaired) electrons. The van der Waals surface area contributed by atoms with Crippen LogP contribution in [0.1, 0.15) is 71.1 Å². The van der Waals surface area contributed by atoms with Gasteiger partial charge in [0.1, 0.15) is 19.3 Å². The summed E-state index contributed by atoms with van der Waals surface area (Å²) in [4.78, 5) is 23.7. The molecule has 0 aliphatic carbocycles. The molecule has 0 aliphatic heterocycles. The number of allylic oxidation sites excluding steroid dienone is 2. The van der Waals surface area contributed by atoms with Crippen LogP contribution in [0.25, 0.3) is 0 Å². The van der Waals surface area contributed by atoms with Crippen molar-refractivity contribution in [3.8, 4) is 0 Å². The molecule has 0 rings (SSSR count). The van der Waals surface area contributed by atoms with Crippen molar-refractivity contribution in [3.05, 3.63) is 12.2 Å². The van der Waals surface area contributed by atoms with Gasteiger partial charge >= 0.3 is 5.97 Å². The summed E-state index contributed by atoms with van der Waals surface area (Å²) in [5.74, 6) is -0.465. The van der Waals surface area contributed by atoms with E-state index in [9.17, 15) is 19.4 Å². The second-order valence-electron chi connectivity index (χ2n) is 8.80. The van der Waals surface area contributed by atoms with E-state index < -0.39 is 33.1 Å². The lowest BCUT2D eigenvalue weighted by molar-refractivity contribution is -0.870. The summed E-state index contributed by atoms with van der Waals surface area (Å²) in [5.41, 5.74) is 0.